The molecule has 2 aromatic carbocycles. The molecular weight excluding hydrogens is 382 g/mol. The molecule has 2 aromatic rings. The SMILES string of the molecule is CC(C)(C)OC(=O)N(CO)N1CN(Cc2ccccc2)C(Cc2ccccc2)C1=O. The van der Waals surface area contributed by atoms with Crippen LogP contribution in [0.3, 0.4) is 0 Å². The van der Waals surface area contributed by atoms with Crippen LogP contribution in [0.15, 0.2) is 60.7 Å². The summed E-state index contributed by atoms with van der Waals surface area (Å²) in [5.74, 6) is -0.241. The number of hydrazine groups is 1. The Morgan fingerprint density at radius 2 is 1.63 bits per heavy atom. The maximum Gasteiger partial charge on any atom is 0.431 e. The van der Waals surface area contributed by atoms with Gasteiger partial charge in [-0.3, -0.25) is 9.69 Å². The molecule has 1 atom stereocenters. The second-order valence-corrected chi connectivity index (χ2v) is 8.34. The molecule has 0 bridgehead atoms. The van der Waals surface area contributed by atoms with E-state index in [2.05, 4.69) is 0 Å². The molecule has 1 saturated heterocycles. The van der Waals surface area contributed by atoms with Gasteiger partial charge in [0, 0.05) is 6.54 Å². The molecule has 0 radical (unpaired) electrons. The third-order valence-corrected chi connectivity index (χ3v) is 4.83. The first-order valence-corrected chi connectivity index (χ1v) is 10.0. The van der Waals surface area contributed by atoms with E-state index in [4.69, 9.17) is 4.74 Å². The Balaban J connectivity index is 1.84. The Kier molecular flexibility index (Phi) is 6.74. The molecule has 0 aromatic heterocycles. The van der Waals surface area contributed by atoms with Crippen molar-refractivity contribution in [3.05, 3.63) is 71.8 Å². The Hall–Kier alpha value is -2.90. The lowest BCUT2D eigenvalue weighted by atomic mass is 10.0. The Labute approximate surface area is 177 Å². The molecule has 1 aliphatic heterocycles. The summed E-state index contributed by atoms with van der Waals surface area (Å²) >= 11 is 0. The molecule has 1 unspecified atom stereocenters. The van der Waals surface area contributed by atoms with Crippen LogP contribution in [0.25, 0.3) is 0 Å². The van der Waals surface area contributed by atoms with Crippen molar-refractivity contribution >= 4 is 12.0 Å². The minimum absolute atomic E-state index is 0.186. The molecule has 0 saturated carbocycles. The second kappa shape index (κ2) is 9.28. The van der Waals surface area contributed by atoms with Gasteiger partial charge in [0.25, 0.3) is 5.91 Å². The number of rotatable bonds is 6. The summed E-state index contributed by atoms with van der Waals surface area (Å²) in [5.41, 5.74) is 1.36. The molecule has 1 N–H and O–H groups in total. The van der Waals surface area contributed by atoms with Crippen LogP contribution in [0, 0.1) is 0 Å². The highest BCUT2D eigenvalue weighted by Gasteiger charge is 2.43. The topological polar surface area (TPSA) is 73.3 Å². The Morgan fingerprint density at radius 1 is 1.07 bits per heavy atom. The number of carbonyl (C=O) groups is 2. The first-order chi connectivity index (χ1) is 14.3. The number of nitrogens with zero attached hydrogens (tertiary/aromatic N) is 3. The highest BCUT2D eigenvalue weighted by atomic mass is 16.6. The third-order valence-electron chi connectivity index (χ3n) is 4.83. The van der Waals surface area contributed by atoms with Gasteiger partial charge < -0.3 is 9.84 Å². The fourth-order valence-electron chi connectivity index (χ4n) is 3.44. The van der Waals surface area contributed by atoms with E-state index < -0.39 is 24.5 Å². The molecule has 7 nitrogen and oxygen atoms in total. The Bertz CT molecular complexity index is 852. The van der Waals surface area contributed by atoms with E-state index in [0.717, 1.165) is 16.1 Å². The van der Waals surface area contributed by atoms with Crippen LogP contribution < -0.4 is 0 Å². The number of carbonyl (C=O) groups excluding carboxylic acids is 2. The molecule has 0 aliphatic carbocycles. The Morgan fingerprint density at radius 3 is 2.17 bits per heavy atom. The quantitative estimate of drug-likeness (QED) is 0.740. The summed E-state index contributed by atoms with van der Waals surface area (Å²) in [5, 5.41) is 12.1. The number of hydrogen-bond acceptors (Lipinski definition) is 5. The van der Waals surface area contributed by atoms with E-state index in [1.54, 1.807) is 20.8 Å². The van der Waals surface area contributed by atoms with Crippen LogP contribution in [0.4, 0.5) is 4.79 Å². The fraction of sp³-hybridized carbons (Fsp3) is 0.391. The average molecular weight is 412 g/mol. The lowest BCUT2D eigenvalue weighted by molar-refractivity contribution is -0.149. The molecule has 1 fully saturated rings. The summed E-state index contributed by atoms with van der Waals surface area (Å²) in [6, 6.07) is 19.2. The number of hydrogen-bond donors (Lipinski definition) is 1. The number of aliphatic hydroxyl groups excluding tert-OH is 1. The predicted molar refractivity (Wildman–Crippen MR) is 113 cm³/mol. The standard InChI is InChI=1S/C23H29N3O4/c1-23(2,3)30-22(29)26(17-27)25-16-24(15-19-12-8-5-9-13-19)20(21(25)28)14-18-10-6-4-7-11-18/h4-13,20,27H,14-17H2,1-3H3. The van der Waals surface area contributed by atoms with Crippen LogP contribution in [-0.4, -0.2) is 57.1 Å². The molecule has 3 rings (SSSR count). The van der Waals surface area contributed by atoms with Crippen LogP contribution >= 0.6 is 0 Å². The molecule has 160 valence electrons. The lowest BCUT2D eigenvalue weighted by Crippen LogP contribution is -2.50. The van der Waals surface area contributed by atoms with Crippen molar-refractivity contribution in [2.75, 3.05) is 13.4 Å². The largest absolute Gasteiger partial charge is 0.442 e. The van der Waals surface area contributed by atoms with Crippen LogP contribution in [0.2, 0.25) is 0 Å². The molecule has 2 amide bonds. The first kappa shape index (κ1) is 21.8. The summed E-state index contributed by atoms with van der Waals surface area (Å²) in [4.78, 5) is 27.9. The first-order valence-electron chi connectivity index (χ1n) is 10.0. The van der Waals surface area contributed by atoms with Crippen molar-refractivity contribution in [2.24, 2.45) is 0 Å². The van der Waals surface area contributed by atoms with Crippen molar-refractivity contribution < 1.29 is 19.4 Å². The summed E-state index contributed by atoms with van der Waals surface area (Å²) in [7, 11) is 0. The fourth-order valence-corrected chi connectivity index (χ4v) is 3.44. The number of benzene rings is 2. The number of ether oxygens (including phenoxy) is 1. The average Bonchev–Trinajstić information content (AvgIpc) is 2.98. The van der Waals surface area contributed by atoms with Crippen molar-refractivity contribution in [1.29, 1.82) is 0 Å². The van der Waals surface area contributed by atoms with E-state index in [9.17, 15) is 14.7 Å². The molecular formula is C23H29N3O4. The smallest absolute Gasteiger partial charge is 0.431 e. The normalized spacial score (nSPS) is 17.3. The maximum atomic E-state index is 13.3. The minimum Gasteiger partial charge on any atom is -0.442 e. The molecule has 7 heteroatoms. The van der Waals surface area contributed by atoms with Gasteiger partial charge in [0.1, 0.15) is 12.3 Å². The maximum absolute atomic E-state index is 13.3. The van der Waals surface area contributed by atoms with Gasteiger partial charge in [0.05, 0.1) is 12.7 Å². The van der Waals surface area contributed by atoms with Gasteiger partial charge >= 0.3 is 6.09 Å². The predicted octanol–water partition coefficient (Wildman–Crippen LogP) is 3.00. The van der Waals surface area contributed by atoms with Gasteiger partial charge in [-0.05, 0) is 38.3 Å². The summed E-state index contributed by atoms with van der Waals surface area (Å²) in [6.07, 6.45) is -0.241. The number of amides is 2. The second-order valence-electron chi connectivity index (χ2n) is 8.34. The van der Waals surface area contributed by atoms with Crippen molar-refractivity contribution in [3.8, 4) is 0 Å². The van der Waals surface area contributed by atoms with Crippen molar-refractivity contribution in [2.45, 2.75) is 45.4 Å². The molecule has 0 spiro atoms. The number of aliphatic hydroxyl groups is 1. The summed E-state index contributed by atoms with van der Waals surface area (Å²) < 4.78 is 5.37. The van der Waals surface area contributed by atoms with Gasteiger partial charge in [-0.15, -0.1) is 0 Å². The van der Waals surface area contributed by atoms with E-state index in [0.29, 0.717) is 13.0 Å². The van der Waals surface area contributed by atoms with E-state index in [1.807, 2.05) is 65.6 Å². The monoisotopic (exact) mass is 411 g/mol. The van der Waals surface area contributed by atoms with E-state index >= 15 is 0 Å². The zero-order valence-electron chi connectivity index (χ0n) is 17.7. The van der Waals surface area contributed by atoms with Crippen molar-refractivity contribution in [1.82, 2.24) is 14.9 Å². The zero-order valence-corrected chi connectivity index (χ0v) is 17.7. The van der Waals surface area contributed by atoms with Gasteiger partial charge in [-0.25, -0.2) is 9.80 Å². The minimum atomic E-state index is -0.752. The highest BCUT2D eigenvalue weighted by molar-refractivity contribution is 5.86. The highest BCUT2D eigenvalue weighted by Crippen LogP contribution is 2.24. The summed E-state index contributed by atoms with van der Waals surface area (Å²) in [6.45, 7) is 5.32. The van der Waals surface area contributed by atoms with Gasteiger partial charge in [0.15, 0.2) is 0 Å². The third kappa shape index (κ3) is 5.37. The molecule has 1 heterocycles. The molecule has 30 heavy (non-hydrogen) atoms. The van der Waals surface area contributed by atoms with Gasteiger partial charge in [-0.1, -0.05) is 60.7 Å². The molecule has 1 aliphatic rings. The van der Waals surface area contributed by atoms with Crippen LogP contribution in [0.1, 0.15) is 31.9 Å². The van der Waals surface area contributed by atoms with E-state index in [1.165, 1.54) is 5.01 Å². The van der Waals surface area contributed by atoms with Crippen LogP contribution in [0.5, 0.6) is 0 Å². The van der Waals surface area contributed by atoms with Gasteiger partial charge in [-0.2, -0.15) is 5.01 Å². The van der Waals surface area contributed by atoms with Gasteiger partial charge in [0.2, 0.25) is 0 Å². The lowest BCUT2D eigenvalue weighted by Gasteiger charge is -2.31. The van der Waals surface area contributed by atoms with Crippen LogP contribution in [-0.2, 0) is 22.5 Å². The zero-order chi connectivity index (χ0) is 21.7. The van der Waals surface area contributed by atoms with Crippen molar-refractivity contribution in [3.63, 3.8) is 0 Å². The van der Waals surface area contributed by atoms with E-state index in [-0.39, 0.29) is 12.6 Å².